The van der Waals surface area contributed by atoms with Crippen LogP contribution < -0.4 is 4.74 Å². The number of piperidine rings is 1. The highest BCUT2D eigenvalue weighted by Gasteiger charge is 2.30. The van der Waals surface area contributed by atoms with E-state index in [1.807, 2.05) is 23.1 Å². The molecular weight excluding hydrogens is 306 g/mol. The van der Waals surface area contributed by atoms with Gasteiger partial charge >= 0.3 is 0 Å². The standard InChI is InChI=1S/C15H20BrNO2/c1-15(2)7-4-8-17(10-15)14(18)12-6-5-11(16)9-13(12)19-3/h5-6,9H,4,7-8,10H2,1-3H3. The number of amides is 1. The lowest BCUT2D eigenvalue weighted by Crippen LogP contribution is -2.43. The summed E-state index contributed by atoms with van der Waals surface area (Å²) < 4.78 is 6.23. The van der Waals surface area contributed by atoms with Crippen LogP contribution >= 0.6 is 15.9 Å². The van der Waals surface area contributed by atoms with Crippen LogP contribution in [0.5, 0.6) is 5.75 Å². The van der Waals surface area contributed by atoms with Gasteiger partial charge in [0, 0.05) is 17.6 Å². The van der Waals surface area contributed by atoms with Crippen LogP contribution in [0.1, 0.15) is 37.0 Å². The van der Waals surface area contributed by atoms with E-state index in [9.17, 15) is 4.79 Å². The molecule has 1 saturated heterocycles. The third-order valence-corrected chi connectivity index (χ3v) is 4.07. The number of ether oxygens (including phenoxy) is 1. The van der Waals surface area contributed by atoms with Crippen molar-refractivity contribution in [2.75, 3.05) is 20.2 Å². The van der Waals surface area contributed by atoms with Gasteiger partial charge in [-0.25, -0.2) is 0 Å². The molecule has 0 aliphatic carbocycles. The van der Waals surface area contributed by atoms with Crippen LogP contribution in [0.4, 0.5) is 0 Å². The maximum absolute atomic E-state index is 12.6. The van der Waals surface area contributed by atoms with Crippen LogP contribution in [0.15, 0.2) is 22.7 Å². The second-order valence-corrected chi connectivity index (χ2v) is 6.75. The lowest BCUT2D eigenvalue weighted by Gasteiger charge is -2.38. The van der Waals surface area contributed by atoms with Crippen molar-refractivity contribution < 1.29 is 9.53 Å². The molecule has 104 valence electrons. The Kier molecular flexibility index (Phi) is 4.19. The summed E-state index contributed by atoms with van der Waals surface area (Å²) >= 11 is 3.40. The molecule has 0 radical (unpaired) electrons. The van der Waals surface area contributed by atoms with Crippen LogP contribution in [0.2, 0.25) is 0 Å². The Morgan fingerprint density at radius 1 is 1.42 bits per heavy atom. The highest BCUT2D eigenvalue weighted by Crippen LogP contribution is 2.31. The highest BCUT2D eigenvalue weighted by atomic mass is 79.9. The summed E-state index contributed by atoms with van der Waals surface area (Å²) in [5.41, 5.74) is 0.847. The Hall–Kier alpha value is -1.03. The summed E-state index contributed by atoms with van der Waals surface area (Å²) in [6, 6.07) is 5.54. The Morgan fingerprint density at radius 3 is 2.79 bits per heavy atom. The van der Waals surface area contributed by atoms with Crippen LogP contribution in [-0.2, 0) is 0 Å². The Balaban J connectivity index is 2.24. The maximum atomic E-state index is 12.6. The van der Waals surface area contributed by atoms with Gasteiger partial charge in [-0.3, -0.25) is 4.79 Å². The van der Waals surface area contributed by atoms with E-state index in [2.05, 4.69) is 29.8 Å². The van der Waals surface area contributed by atoms with Crippen LogP contribution in [0.3, 0.4) is 0 Å². The number of carbonyl (C=O) groups is 1. The van der Waals surface area contributed by atoms with E-state index in [0.29, 0.717) is 11.3 Å². The molecule has 4 heteroatoms. The summed E-state index contributed by atoms with van der Waals surface area (Å²) in [7, 11) is 1.60. The Bertz CT molecular complexity index is 485. The molecule has 1 aliphatic heterocycles. The molecule has 0 atom stereocenters. The molecule has 0 spiro atoms. The lowest BCUT2D eigenvalue weighted by atomic mass is 9.84. The van der Waals surface area contributed by atoms with E-state index >= 15 is 0 Å². The van der Waals surface area contributed by atoms with E-state index in [0.717, 1.165) is 24.0 Å². The van der Waals surface area contributed by atoms with Crippen LogP contribution in [0.25, 0.3) is 0 Å². The predicted octanol–water partition coefficient (Wildman–Crippen LogP) is 3.72. The molecule has 1 heterocycles. The van der Waals surface area contributed by atoms with Crippen LogP contribution in [-0.4, -0.2) is 31.0 Å². The normalized spacial score (nSPS) is 18.2. The van der Waals surface area contributed by atoms with Gasteiger partial charge in [0.05, 0.1) is 12.7 Å². The van der Waals surface area contributed by atoms with Gasteiger partial charge in [-0.15, -0.1) is 0 Å². The number of benzene rings is 1. The summed E-state index contributed by atoms with van der Waals surface area (Å²) in [6.45, 7) is 6.07. The smallest absolute Gasteiger partial charge is 0.257 e. The monoisotopic (exact) mass is 325 g/mol. The Morgan fingerprint density at radius 2 is 2.16 bits per heavy atom. The van der Waals surface area contributed by atoms with Gasteiger partial charge in [-0.1, -0.05) is 29.8 Å². The summed E-state index contributed by atoms with van der Waals surface area (Å²) in [6.07, 6.45) is 2.24. The van der Waals surface area contributed by atoms with Crippen molar-refractivity contribution in [1.82, 2.24) is 4.90 Å². The van der Waals surface area contributed by atoms with Gasteiger partial charge < -0.3 is 9.64 Å². The van der Waals surface area contributed by atoms with Gasteiger partial charge in [0.25, 0.3) is 5.91 Å². The number of rotatable bonds is 2. The van der Waals surface area contributed by atoms with Gasteiger partial charge in [0.2, 0.25) is 0 Å². The first-order chi connectivity index (χ1) is 8.93. The molecule has 19 heavy (non-hydrogen) atoms. The fourth-order valence-corrected chi connectivity index (χ4v) is 2.95. The van der Waals surface area contributed by atoms with Crippen molar-refractivity contribution in [2.45, 2.75) is 26.7 Å². The minimum absolute atomic E-state index is 0.0668. The zero-order chi connectivity index (χ0) is 14.0. The molecule has 0 unspecified atom stereocenters. The Labute approximate surface area is 123 Å². The number of nitrogens with zero attached hydrogens (tertiary/aromatic N) is 1. The lowest BCUT2D eigenvalue weighted by molar-refractivity contribution is 0.0580. The first-order valence-electron chi connectivity index (χ1n) is 6.56. The molecule has 3 nitrogen and oxygen atoms in total. The minimum atomic E-state index is 0.0668. The van der Waals surface area contributed by atoms with Gasteiger partial charge in [0.1, 0.15) is 5.75 Å². The zero-order valence-electron chi connectivity index (χ0n) is 11.7. The van der Waals surface area contributed by atoms with E-state index in [-0.39, 0.29) is 11.3 Å². The molecule has 1 amide bonds. The topological polar surface area (TPSA) is 29.5 Å². The van der Waals surface area contributed by atoms with Gasteiger partial charge in [-0.2, -0.15) is 0 Å². The van der Waals surface area contributed by atoms with Crippen molar-refractivity contribution in [3.8, 4) is 5.75 Å². The maximum Gasteiger partial charge on any atom is 0.257 e. The highest BCUT2D eigenvalue weighted by molar-refractivity contribution is 9.10. The average molecular weight is 326 g/mol. The van der Waals surface area contributed by atoms with Crippen molar-refractivity contribution >= 4 is 21.8 Å². The van der Waals surface area contributed by atoms with Crippen molar-refractivity contribution in [3.63, 3.8) is 0 Å². The van der Waals surface area contributed by atoms with Gasteiger partial charge in [0.15, 0.2) is 0 Å². The molecule has 1 aromatic rings. The summed E-state index contributed by atoms with van der Waals surface area (Å²) in [4.78, 5) is 14.5. The fraction of sp³-hybridized carbons (Fsp3) is 0.533. The molecular formula is C15H20BrNO2. The number of likely N-dealkylation sites (tertiary alicyclic amines) is 1. The molecule has 1 aromatic carbocycles. The molecule has 1 fully saturated rings. The summed E-state index contributed by atoms with van der Waals surface area (Å²) in [5.74, 6) is 0.694. The minimum Gasteiger partial charge on any atom is -0.496 e. The van der Waals surface area contributed by atoms with E-state index in [1.54, 1.807) is 7.11 Å². The van der Waals surface area contributed by atoms with E-state index in [1.165, 1.54) is 6.42 Å². The SMILES string of the molecule is COc1cc(Br)ccc1C(=O)N1CCCC(C)(C)C1. The number of hydrogen-bond acceptors (Lipinski definition) is 2. The molecule has 1 aliphatic rings. The van der Waals surface area contributed by atoms with Crippen molar-refractivity contribution in [3.05, 3.63) is 28.2 Å². The fourth-order valence-electron chi connectivity index (χ4n) is 2.61. The predicted molar refractivity (Wildman–Crippen MR) is 79.6 cm³/mol. The first-order valence-corrected chi connectivity index (χ1v) is 7.35. The largest absolute Gasteiger partial charge is 0.496 e. The quantitative estimate of drug-likeness (QED) is 0.829. The number of hydrogen-bond donors (Lipinski definition) is 0. The number of methoxy groups -OCH3 is 1. The third-order valence-electron chi connectivity index (χ3n) is 3.58. The molecule has 0 N–H and O–H groups in total. The molecule has 0 saturated carbocycles. The number of carbonyl (C=O) groups excluding carboxylic acids is 1. The second-order valence-electron chi connectivity index (χ2n) is 5.84. The summed E-state index contributed by atoms with van der Waals surface area (Å²) in [5, 5.41) is 0. The van der Waals surface area contributed by atoms with Crippen LogP contribution in [0, 0.1) is 5.41 Å². The average Bonchev–Trinajstić information content (AvgIpc) is 2.36. The third kappa shape index (κ3) is 3.30. The van der Waals surface area contributed by atoms with Crippen molar-refractivity contribution in [1.29, 1.82) is 0 Å². The van der Waals surface area contributed by atoms with Gasteiger partial charge in [-0.05, 0) is 36.5 Å². The molecule has 0 aromatic heterocycles. The molecule has 2 rings (SSSR count). The van der Waals surface area contributed by atoms with E-state index < -0.39 is 0 Å². The van der Waals surface area contributed by atoms with E-state index in [4.69, 9.17) is 4.74 Å². The molecule has 0 bridgehead atoms. The number of halogens is 1. The first kappa shape index (κ1) is 14.4. The van der Waals surface area contributed by atoms with Crippen molar-refractivity contribution in [2.24, 2.45) is 5.41 Å². The second kappa shape index (κ2) is 5.53. The zero-order valence-corrected chi connectivity index (χ0v) is 13.3.